The first-order valence-corrected chi connectivity index (χ1v) is 7.58. The third-order valence-electron chi connectivity index (χ3n) is 3.51. The highest BCUT2D eigenvalue weighted by Gasteiger charge is 2.21. The molecule has 1 saturated heterocycles. The summed E-state index contributed by atoms with van der Waals surface area (Å²) in [5.41, 5.74) is 6.96. The van der Waals surface area contributed by atoms with Gasteiger partial charge in [0.25, 0.3) is 5.91 Å². The number of amides is 1. The number of nitrogen functional groups attached to an aromatic ring is 1. The van der Waals surface area contributed by atoms with Gasteiger partial charge in [-0.05, 0) is 47.1 Å². The Morgan fingerprint density at radius 1 is 1.30 bits per heavy atom. The molecule has 0 aliphatic carbocycles. The van der Waals surface area contributed by atoms with Crippen LogP contribution in [-0.4, -0.2) is 60.1 Å². The summed E-state index contributed by atoms with van der Waals surface area (Å²) in [6.07, 6.45) is 0.922. The Bertz CT molecular complexity index is 481. The molecule has 1 amide bonds. The van der Waals surface area contributed by atoms with Gasteiger partial charge in [-0.25, -0.2) is 0 Å². The number of hydrogen-bond donors (Lipinski definition) is 2. The van der Waals surface area contributed by atoms with Crippen molar-refractivity contribution in [2.24, 2.45) is 0 Å². The van der Waals surface area contributed by atoms with Crippen molar-refractivity contribution < 1.29 is 9.90 Å². The van der Waals surface area contributed by atoms with E-state index in [1.165, 1.54) is 0 Å². The molecule has 0 bridgehead atoms. The molecule has 0 atom stereocenters. The average Bonchev–Trinajstić information content (AvgIpc) is 2.67. The van der Waals surface area contributed by atoms with Crippen molar-refractivity contribution in [3.63, 3.8) is 0 Å². The molecule has 6 heteroatoms. The van der Waals surface area contributed by atoms with Crippen LogP contribution in [0.5, 0.6) is 0 Å². The summed E-state index contributed by atoms with van der Waals surface area (Å²) < 4.78 is 0.771. The van der Waals surface area contributed by atoms with Crippen LogP contribution in [0.15, 0.2) is 22.7 Å². The summed E-state index contributed by atoms with van der Waals surface area (Å²) in [7, 11) is 0. The lowest BCUT2D eigenvalue weighted by atomic mass is 10.1. The Balaban J connectivity index is 2.07. The molecule has 0 aromatic heterocycles. The fourth-order valence-corrected chi connectivity index (χ4v) is 2.83. The molecule has 0 spiro atoms. The SMILES string of the molecule is Nc1ccc(Br)c(C(=O)N2CCCN(CCO)CC2)c1. The summed E-state index contributed by atoms with van der Waals surface area (Å²) in [5.74, 6) is 0.00928. The largest absolute Gasteiger partial charge is 0.399 e. The molecule has 110 valence electrons. The number of aliphatic hydroxyl groups is 1. The van der Waals surface area contributed by atoms with Gasteiger partial charge in [0.1, 0.15) is 0 Å². The molecule has 1 fully saturated rings. The Kier molecular flexibility index (Phi) is 5.39. The lowest BCUT2D eigenvalue weighted by Crippen LogP contribution is -2.36. The van der Waals surface area contributed by atoms with Crippen LogP contribution in [0.1, 0.15) is 16.8 Å². The first kappa shape index (κ1) is 15.3. The molecule has 1 aromatic carbocycles. The van der Waals surface area contributed by atoms with Crippen LogP contribution in [0.2, 0.25) is 0 Å². The van der Waals surface area contributed by atoms with E-state index in [-0.39, 0.29) is 12.5 Å². The number of nitrogens with two attached hydrogens (primary N) is 1. The average molecular weight is 342 g/mol. The zero-order valence-corrected chi connectivity index (χ0v) is 13.0. The Morgan fingerprint density at radius 2 is 2.10 bits per heavy atom. The van der Waals surface area contributed by atoms with Gasteiger partial charge in [0.05, 0.1) is 12.2 Å². The van der Waals surface area contributed by atoms with Gasteiger partial charge in [0.2, 0.25) is 0 Å². The number of anilines is 1. The molecule has 1 aromatic rings. The smallest absolute Gasteiger partial charge is 0.255 e. The predicted molar refractivity (Wildman–Crippen MR) is 82.6 cm³/mol. The Hall–Kier alpha value is -1.11. The maximum Gasteiger partial charge on any atom is 0.255 e. The zero-order chi connectivity index (χ0) is 14.5. The molecule has 0 unspecified atom stereocenters. The third kappa shape index (κ3) is 3.71. The third-order valence-corrected chi connectivity index (χ3v) is 4.20. The number of β-amino-alcohol motifs (C(OH)–C–C–N with tert-alkyl or cyclic N) is 1. The quantitative estimate of drug-likeness (QED) is 0.809. The fraction of sp³-hybridized carbons (Fsp3) is 0.500. The molecule has 1 heterocycles. The number of benzene rings is 1. The van der Waals surface area contributed by atoms with Gasteiger partial charge in [-0.1, -0.05) is 0 Å². The Morgan fingerprint density at radius 3 is 2.85 bits per heavy atom. The highest BCUT2D eigenvalue weighted by Crippen LogP contribution is 2.21. The fourth-order valence-electron chi connectivity index (χ4n) is 2.42. The summed E-state index contributed by atoms with van der Waals surface area (Å²) in [6, 6.07) is 5.29. The second kappa shape index (κ2) is 7.06. The lowest BCUT2D eigenvalue weighted by molar-refractivity contribution is 0.0759. The maximum absolute atomic E-state index is 12.6. The van der Waals surface area contributed by atoms with E-state index < -0.39 is 0 Å². The number of nitrogens with zero attached hydrogens (tertiary/aromatic N) is 2. The van der Waals surface area contributed by atoms with Crippen molar-refractivity contribution in [2.45, 2.75) is 6.42 Å². The van der Waals surface area contributed by atoms with Gasteiger partial charge >= 0.3 is 0 Å². The molecule has 20 heavy (non-hydrogen) atoms. The van der Waals surface area contributed by atoms with Gasteiger partial charge in [0, 0.05) is 36.3 Å². The number of carbonyl (C=O) groups is 1. The van der Waals surface area contributed by atoms with E-state index in [4.69, 9.17) is 10.8 Å². The van der Waals surface area contributed by atoms with E-state index in [0.29, 0.717) is 24.3 Å². The standard InChI is InChI=1S/C14H20BrN3O2/c15-13-3-2-11(16)10-12(13)14(20)18-5-1-4-17(6-7-18)8-9-19/h2-3,10,19H,1,4-9,16H2. The second-order valence-electron chi connectivity index (χ2n) is 4.95. The summed E-state index contributed by atoms with van der Waals surface area (Å²) in [4.78, 5) is 16.6. The van der Waals surface area contributed by atoms with Crippen LogP contribution in [0, 0.1) is 0 Å². The molecule has 0 radical (unpaired) electrons. The lowest BCUT2D eigenvalue weighted by Gasteiger charge is -2.22. The van der Waals surface area contributed by atoms with Crippen molar-refractivity contribution in [3.8, 4) is 0 Å². The second-order valence-corrected chi connectivity index (χ2v) is 5.80. The van der Waals surface area contributed by atoms with E-state index >= 15 is 0 Å². The van der Waals surface area contributed by atoms with Gasteiger partial charge in [-0.3, -0.25) is 9.69 Å². The number of aliphatic hydroxyl groups excluding tert-OH is 1. The molecule has 2 rings (SSSR count). The topological polar surface area (TPSA) is 69.8 Å². The predicted octanol–water partition coefficient (Wildman–Crippen LogP) is 1.17. The summed E-state index contributed by atoms with van der Waals surface area (Å²) in [5, 5.41) is 8.99. The van der Waals surface area contributed by atoms with Gasteiger partial charge in [0.15, 0.2) is 0 Å². The van der Waals surface area contributed by atoms with Crippen LogP contribution in [0.4, 0.5) is 5.69 Å². The van der Waals surface area contributed by atoms with E-state index in [2.05, 4.69) is 20.8 Å². The molecule has 0 saturated carbocycles. The number of carbonyl (C=O) groups excluding carboxylic acids is 1. The van der Waals surface area contributed by atoms with Gasteiger partial charge in [-0.15, -0.1) is 0 Å². The molecular weight excluding hydrogens is 322 g/mol. The van der Waals surface area contributed by atoms with E-state index in [1.54, 1.807) is 18.2 Å². The molecule has 3 N–H and O–H groups in total. The first-order chi connectivity index (χ1) is 9.61. The Labute approximate surface area is 127 Å². The molecule has 5 nitrogen and oxygen atoms in total. The molecular formula is C14H20BrN3O2. The minimum atomic E-state index is 0.00928. The van der Waals surface area contributed by atoms with Crippen LogP contribution < -0.4 is 5.73 Å². The summed E-state index contributed by atoms with van der Waals surface area (Å²) in [6.45, 7) is 3.97. The minimum Gasteiger partial charge on any atom is -0.399 e. The van der Waals surface area contributed by atoms with Crippen LogP contribution >= 0.6 is 15.9 Å². The van der Waals surface area contributed by atoms with Crippen LogP contribution in [-0.2, 0) is 0 Å². The number of rotatable bonds is 3. The summed E-state index contributed by atoms with van der Waals surface area (Å²) >= 11 is 3.41. The zero-order valence-electron chi connectivity index (χ0n) is 11.4. The number of hydrogen-bond acceptors (Lipinski definition) is 4. The maximum atomic E-state index is 12.6. The monoisotopic (exact) mass is 341 g/mol. The minimum absolute atomic E-state index is 0.00928. The van der Waals surface area contributed by atoms with E-state index in [9.17, 15) is 4.79 Å². The van der Waals surface area contributed by atoms with Gasteiger partial charge in [-0.2, -0.15) is 0 Å². The van der Waals surface area contributed by atoms with Crippen molar-refractivity contribution in [2.75, 3.05) is 45.1 Å². The van der Waals surface area contributed by atoms with Crippen molar-refractivity contribution in [3.05, 3.63) is 28.2 Å². The highest BCUT2D eigenvalue weighted by atomic mass is 79.9. The number of halogens is 1. The van der Waals surface area contributed by atoms with Crippen LogP contribution in [0.25, 0.3) is 0 Å². The normalized spacial score (nSPS) is 17.0. The highest BCUT2D eigenvalue weighted by molar-refractivity contribution is 9.10. The van der Waals surface area contributed by atoms with Gasteiger partial charge < -0.3 is 15.7 Å². The van der Waals surface area contributed by atoms with Crippen molar-refractivity contribution in [1.82, 2.24) is 9.80 Å². The van der Waals surface area contributed by atoms with Crippen molar-refractivity contribution >= 4 is 27.5 Å². The van der Waals surface area contributed by atoms with E-state index in [1.807, 2.05) is 4.90 Å². The van der Waals surface area contributed by atoms with Crippen LogP contribution in [0.3, 0.4) is 0 Å². The van der Waals surface area contributed by atoms with E-state index in [0.717, 1.165) is 30.5 Å². The molecule has 1 aliphatic heterocycles. The first-order valence-electron chi connectivity index (χ1n) is 6.79. The van der Waals surface area contributed by atoms with Crippen molar-refractivity contribution in [1.29, 1.82) is 0 Å². The molecule has 1 aliphatic rings.